The monoisotopic (exact) mass is 294 g/mol. The molecule has 116 valence electrons. The van der Waals surface area contributed by atoms with Gasteiger partial charge in [-0.1, -0.05) is 55.7 Å². The van der Waals surface area contributed by atoms with Crippen LogP contribution in [-0.2, 0) is 6.54 Å². The van der Waals surface area contributed by atoms with E-state index in [-0.39, 0.29) is 0 Å². The van der Waals surface area contributed by atoms with Gasteiger partial charge in [0.2, 0.25) is 0 Å². The molecule has 2 aromatic carbocycles. The second kappa shape index (κ2) is 7.35. The number of nitrogens with one attached hydrogen (secondary N) is 2. The molecule has 0 amide bonds. The number of benzene rings is 2. The smallest absolute Gasteiger partial charge is 0.0581 e. The largest absolute Gasteiger partial charge is 0.381 e. The molecule has 0 aromatic heterocycles. The molecule has 0 spiro atoms. The average Bonchev–Trinajstić information content (AvgIpc) is 2.57. The first-order chi connectivity index (χ1) is 10.8. The van der Waals surface area contributed by atoms with Crippen LogP contribution in [0.4, 0.5) is 11.4 Å². The van der Waals surface area contributed by atoms with Gasteiger partial charge in [0.1, 0.15) is 0 Å². The minimum Gasteiger partial charge on any atom is -0.381 e. The highest BCUT2D eigenvalue weighted by Gasteiger charge is 2.14. The Bertz CT molecular complexity index is 586. The summed E-state index contributed by atoms with van der Waals surface area (Å²) in [5.74, 6) is 0. The Balaban J connectivity index is 1.69. The van der Waals surface area contributed by atoms with Crippen LogP contribution < -0.4 is 10.6 Å². The quantitative estimate of drug-likeness (QED) is 0.776. The molecule has 0 aliphatic heterocycles. The SMILES string of the molecule is Cc1ccc(NC2CCCCC2)c(NCc2ccccc2)c1. The molecule has 0 atom stereocenters. The minimum absolute atomic E-state index is 0.633. The lowest BCUT2D eigenvalue weighted by Gasteiger charge is -2.25. The van der Waals surface area contributed by atoms with Gasteiger partial charge in [0.05, 0.1) is 11.4 Å². The Morgan fingerprint density at radius 2 is 1.68 bits per heavy atom. The maximum Gasteiger partial charge on any atom is 0.0581 e. The second-order valence-electron chi connectivity index (χ2n) is 6.37. The third-order valence-corrected chi connectivity index (χ3v) is 4.47. The normalized spacial score (nSPS) is 15.5. The molecule has 0 saturated heterocycles. The van der Waals surface area contributed by atoms with Gasteiger partial charge >= 0.3 is 0 Å². The molecule has 2 heteroatoms. The summed E-state index contributed by atoms with van der Waals surface area (Å²) < 4.78 is 0. The summed E-state index contributed by atoms with van der Waals surface area (Å²) in [6.07, 6.45) is 6.70. The van der Waals surface area contributed by atoms with Crippen LogP contribution in [0.1, 0.15) is 43.2 Å². The molecule has 22 heavy (non-hydrogen) atoms. The van der Waals surface area contributed by atoms with Gasteiger partial charge in [-0.15, -0.1) is 0 Å². The molecule has 0 bridgehead atoms. The van der Waals surface area contributed by atoms with Crippen molar-refractivity contribution < 1.29 is 0 Å². The van der Waals surface area contributed by atoms with Gasteiger partial charge in [0.15, 0.2) is 0 Å². The molecule has 1 aliphatic rings. The van der Waals surface area contributed by atoms with Crippen molar-refractivity contribution >= 4 is 11.4 Å². The van der Waals surface area contributed by atoms with Gasteiger partial charge in [-0.3, -0.25) is 0 Å². The lowest BCUT2D eigenvalue weighted by molar-refractivity contribution is 0.463. The summed E-state index contributed by atoms with van der Waals surface area (Å²) in [7, 11) is 0. The van der Waals surface area contributed by atoms with Crippen LogP contribution in [0, 0.1) is 6.92 Å². The van der Waals surface area contributed by atoms with Gasteiger partial charge in [-0.2, -0.15) is 0 Å². The van der Waals surface area contributed by atoms with Crippen LogP contribution in [0.25, 0.3) is 0 Å². The van der Waals surface area contributed by atoms with Crippen molar-refractivity contribution in [2.75, 3.05) is 10.6 Å². The number of aryl methyl sites for hydroxylation is 1. The third-order valence-electron chi connectivity index (χ3n) is 4.47. The molecule has 1 aliphatic carbocycles. The first-order valence-electron chi connectivity index (χ1n) is 8.46. The summed E-state index contributed by atoms with van der Waals surface area (Å²) in [5.41, 5.74) is 5.07. The van der Waals surface area contributed by atoms with Gasteiger partial charge < -0.3 is 10.6 Å². The summed E-state index contributed by atoms with van der Waals surface area (Å²) in [5, 5.41) is 7.35. The van der Waals surface area contributed by atoms with Crippen molar-refractivity contribution in [2.24, 2.45) is 0 Å². The molecule has 3 rings (SSSR count). The Kier molecular flexibility index (Phi) is 4.99. The predicted molar refractivity (Wildman–Crippen MR) is 95.4 cm³/mol. The Hall–Kier alpha value is -1.96. The topological polar surface area (TPSA) is 24.1 Å². The highest BCUT2D eigenvalue weighted by Crippen LogP contribution is 2.28. The summed E-state index contributed by atoms with van der Waals surface area (Å²) in [6.45, 7) is 3.02. The van der Waals surface area contributed by atoms with Crippen molar-refractivity contribution in [2.45, 2.75) is 51.6 Å². The zero-order valence-electron chi connectivity index (χ0n) is 13.4. The fraction of sp³-hybridized carbons (Fsp3) is 0.400. The fourth-order valence-electron chi connectivity index (χ4n) is 3.19. The maximum atomic E-state index is 3.75. The Morgan fingerprint density at radius 1 is 0.909 bits per heavy atom. The molecule has 0 radical (unpaired) electrons. The van der Waals surface area contributed by atoms with E-state index in [4.69, 9.17) is 0 Å². The lowest BCUT2D eigenvalue weighted by Crippen LogP contribution is -2.22. The third kappa shape index (κ3) is 4.03. The van der Waals surface area contributed by atoms with E-state index < -0.39 is 0 Å². The van der Waals surface area contributed by atoms with E-state index in [1.807, 2.05) is 0 Å². The van der Waals surface area contributed by atoms with Crippen molar-refractivity contribution in [3.05, 3.63) is 59.7 Å². The first kappa shape index (κ1) is 15.0. The van der Waals surface area contributed by atoms with Crippen LogP contribution >= 0.6 is 0 Å². The lowest BCUT2D eigenvalue weighted by atomic mass is 9.95. The minimum atomic E-state index is 0.633. The van der Waals surface area contributed by atoms with Gasteiger partial charge in [-0.25, -0.2) is 0 Å². The van der Waals surface area contributed by atoms with Crippen LogP contribution in [0.3, 0.4) is 0 Å². The van der Waals surface area contributed by atoms with Crippen LogP contribution in [0.2, 0.25) is 0 Å². The summed E-state index contributed by atoms with van der Waals surface area (Å²) in [4.78, 5) is 0. The van der Waals surface area contributed by atoms with Gasteiger partial charge in [0, 0.05) is 12.6 Å². The number of anilines is 2. The zero-order valence-corrected chi connectivity index (χ0v) is 13.4. The molecule has 2 nitrogen and oxygen atoms in total. The Morgan fingerprint density at radius 3 is 2.45 bits per heavy atom. The highest BCUT2D eigenvalue weighted by molar-refractivity contribution is 5.70. The Labute approximate surface area is 134 Å². The van der Waals surface area contributed by atoms with Crippen LogP contribution in [0.15, 0.2) is 48.5 Å². The molecular weight excluding hydrogens is 268 g/mol. The van der Waals surface area contributed by atoms with E-state index in [1.54, 1.807) is 0 Å². The standard InChI is InChI=1S/C20H26N2/c1-16-12-13-19(22-18-10-6-3-7-11-18)20(14-16)21-15-17-8-4-2-5-9-17/h2,4-5,8-9,12-14,18,21-22H,3,6-7,10-11,15H2,1H3. The van der Waals surface area contributed by atoms with E-state index >= 15 is 0 Å². The van der Waals surface area contributed by atoms with Gasteiger partial charge in [0.25, 0.3) is 0 Å². The van der Waals surface area contributed by atoms with E-state index in [1.165, 1.54) is 54.6 Å². The van der Waals surface area contributed by atoms with E-state index in [0.717, 1.165) is 6.54 Å². The molecule has 0 unspecified atom stereocenters. The number of rotatable bonds is 5. The summed E-state index contributed by atoms with van der Waals surface area (Å²) in [6, 6.07) is 17.9. The molecule has 2 N–H and O–H groups in total. The molecular formula is C20H26N2. The van der Waals surface area contributed by atoms with Crippen molar-refractivity contribution in [3.8, 4) is 0 Å². The highest BCUT2D eigenvalue weighted by atomic mass is 15.0. The molecule has 2 aromatic rings. The maximum absolute atomic E-state index is 3.75. The zero-order chi connectivity index (χ0) is 15.2. The first-order valence-corrected chi connectivity index (χ1v) is 8.46. The predicted octanol–water partition coefficient (Wildman–Crippen LogP) is 5.35. The van der Waals surface area contributed by atoms with E-state index in [0.29, 0.717) is 6.04 Å². The van der Waals surface area contributed by atoms with Crippen LogP contribution in [-0.4, -0.2) is 6.04 Å². The fourth-order valence-corrected chi connectivity index (χ4v) is 3.19. The molecule has 1 saturated carbocycles. The van der Waals surface area contributed by atoms with E-state index in [2.05, 4.69) is 66.1 Å². The number of hydrogen-bond donors (Lipinski definition) is 2. The van der Waals surface area contributed by atoms with E-state index in [9.17, 15) is 0 Å². The summed E-state index contributed by atoms with van der Waals surface area (Å²) >= 11 is 0. The average molecular weight is 294 g/mol. The molecule has 1 fully saturated rings. The number of hydrogen-bond acceptors (Lipinski definition) is 2. The van der Waals surface area contributed by atoms with Crippen molar-refractivity contribution in [1.82, 2.24) is 0 Å². The van der Waals surface area contributed by atoms with Crippen LogP contribution in [0.5, 0.6) is 0 Å². The van der Waals surface area contributed by atoms with Gasteiger partial charge in [-0.05, 0) is 43.0 Å². The second-order valence-corrected chi connectivity index (χ2v) is 6.37. The van der Waals surface area contributed by atoms with Crippen molar-refractivity contribution in [1.29, 1.82) is 0 Å². The van der Waals surface area contributed by atoms with Crippen molar-refractivity contribution in [3.63, 3.8) is 0 Å². The molecule has 0 heterocycles.